The van der Waals surface area contributed by atoms with Crippen LogP contribution in [0.5, 0.6) is 0 Å². The van der Waals surface area contributed by atoms with E-state index >= 15 is 0 Å². The third kappa shape index (κ3) is 2.82. The summed E-state index contributed by atoms with van der Waals surface area (Å²) in [6.07, 6.45) is -6.23. The highest BCUT2D eigenvalue weighted by Crippen LogP contribution is 2.37. The molecule has 7 heteroatoms. The third-order valence-electron chi connectivity index (χ3n) is 2.57. The van der Waals surface area contributed by atoms with E-state index in [2.05, 4.69) is 15.9 Å². The molecule has 1 heterocycles. The minimum Gasteiger partial charge on any atom is -0.383 e. The number of aliphatic hydroxyl groups excluding tert-OH is 1. The Kier molecular flexibility index (Phi) is 3.98. The Hall–Kier alpha value is -0.920. The first-order valence-corrected chi connectivity index (χ1v) is 6.81. The Balaban J connectivity index is 2.50. The number of thiophene rings is 1. The number of alkyl halides is 3. The fourth-order valence-electron chi connectivity index (χ4n) is 1.63. The van der Waals surface area contributed by atoms with Gasteiger partial charge in [0.1, 0.15) is 11.9 Å². The zero-order valence-electron chi connectivity index (χ0n) is 9.21. The van der Waals surface area contributed by atoms with E-state index in [-0.39, 0.29) is 0 Å². The molecule has 19 heavy (non-hydrogen) atoms. The van der Waals surface area contributed by atoms with Crippen LogP contribution < -0.4 is 0 Å². The van der Waals surface area contributed by atoms with Crippen LogP contribution in [0.4, 0.5) is 17.6 Å². The molecule has 0 bridgehead atoms. The van der Waals surface area contributed by atoms with Gasteiger partial charge in [0.25, 0.3) is 0 Å². The van der Waals surface area contributed by atoms with Crippen molar-refractivity contribution in [2.24, 2.45) is 0 Å². The van der Waals surface area contributed by atoms with Gasteiger partial charge < -0.3 is 5.11 Å². The first-order chi connectivity index (χ1) is 8.82. The molecule has 1 aromatic heterocycles. The number of rotatable bonds is 2. The summed E-state index contributed by atoms with van der Waals surface area (Å²) in [7, 11) is 0. The summed E-state index contributed by atoms with van der Waals surface area (Å²) in [6.45, 7) is 0. The molecule has 0 fully saturated rings. The molecule has 0 aliphatic heterocycles. The average Bonchev–Trinajstić information content (AvgIpc) is 2.73. The second-order valence-electron chi connectivity index (χ2n) is 3.78. The van der Waals surface area contributed by atoms with Crippen LogP contribution >= 0.6 is 27.3 Å². The Bertz CT molecular complexity index is 594. The van der Waals surface area contributed by atoms with Gasteiger partial charge in [0.15, 0.2) is 0 Å². The lowest BCUT2D eigenvalue weighted by molar-refractivity contribution is -0.140. The van der Waals surface area contributed by atoms with Crippen molar-refractivity contribution in [3.63, 3.8) is 0 Å². The number of benzene rings is 1. The predicted octanol–water partition coefficient (Wildman–Crippen LogP) is 4.75. The minimum absolute atomic E-state index is 0.336. The normalized spacial score (nSPS) is 13.6. The molecule has 1 aromatic carbocycles. The molecule has 0 amide bonds. The number of hydrogen-bond acceptors (Lipinski definition) is 2. The van der Waals surface area contributed by atoms with E-state index in [9.17, 15) is 22.7 Å². The van der Waals surface area contributed by atoms with Crippen molar-refractivity contribution in [1.29, 1.82) is 0 Å². The van der Waals surface area contributed by atoms with E-state index in [4.69, 9.17) is 0 Å². The van der Waals surface area contributed by atoms with Gasteiger partial charge in [-0.25, -0.2) is 4.39 Å². The zero-order valence-corrected chi connectivity index (χ0v) is 11.6. The lowest BCUT2D eigenvalue weighted by atomic mass is 10.0. The Morgan fingerprint density at radius 3 is 2.37 bits per heavy atom. The summed E-state index contributed by atoms with van der Waals surface area (Å²) in [6, 6.07) is 2.86. The van der Waals surface area contributed by atoms with Crippen LogP contribution in [0, 0.1) is 5.82 Å². The molecule has 0 saturated heterocycles. The SMILES string of the molecule is OC(c1cscc1Br)c1cccc(C(F)(F)F)c1F. The van der Waals surface area contributed by atoms with Gasteiger partial charge in [-0.1, -0.05) is 12.1 Å². The summed E-state index contributed by atoms with van der Waals surface area (Å²) in [5.41, 5.74) is -1.44. The van der Waals surface area contributed by atoms with Crippen LogP contribution in [0.3, 0.4) is 0 Å². The van der Waals surface area contributed by atoms with Crippen LogP contribution in [-0.4, -0.2) is 5.11 Å². The van der Waals surface area contributed by atoms with Crippen molar-refractivity contribution in [2.45, 2.75) is 12.3 Å². The van der Waals surface area contributed by atoms with Gasteiger partial charge in [-0.15, -0.1) is 0 Å². The average molecular weight is 355 g/mol. The minimum atomic E-state index is -4.79. The van der Waals surface area contributed by atoms with Crippen molar-refractivity contribution in [1.82, 2.24) is 0 Å². The van der Waals surface area contributed by atoms with Gasteiger partial charge in [-0.05, 0) is 27.4 Å². The molecule has 0 saturated carbocycles. The fourth-order valence-corrected chi connectivity index (χ4v) is 3.17. The topological polar surface area (TPSA) is 20.2 Å². The maximum Gasteiger partial charge on any atom is 0.419 e. The van der Waals surface area contributed by atoms with E-state index in [1.54, 1.807) is 10.8 Å². The van der Waals surface area contributed by atoms with Gasteiger partial charge in [0, 0.05) is 21.0 Å². The molecule has 102 valence electrons. The summed E-state index contributed by atoms with van der Waals surface area (Å²) < 4.78 is 52.1. The maximum absolute atomic E-state index is 13.9. The fraction of sp³-hybridized carbons (Fsp3) is 0.167. The lowest BCUT2D eigenvalue weighted by Gasteiger charge is -2.15. The summed E-state index contributed by atoms with van der Waals surface area (Å²) in [4.78, 5) is 0. The Morgan fingerprint density at radius 2 is 1.84 bits per heavy atom. The zero-order chi connectivity index (χ0) is 14.2. The molecule has 1 N–H and O–H groups in total. The molecule has 0 spiro atoms. The smallest absolute Gasteiger partial charge is 0.383 e. The molecule has 0 aliphatic rings. The Labute approximate surface area is 118 Å². The maximum atomic E-state index is 13.9. The van der Waals surface area contributed by atoms with Gasteiger partial charge >= 0.3 is 6.18 Å². The highest BCUT2D eigenvalue weighted by Gasteiger charge is 2.35. The highest BCUT2D eigenvalue weighted by molar-refractivity contribution is 9.10. The highest BCUT2D eigenvalue weighted by atomic mass is 79.9. The van der Waals surface area contributed by atoms with Crippen molar-refractivity contribution in [3.8, 4) is 0 Å². The summed E-state index contributed by atoms with van der Waals surface area (Å²) in [5.74, 6) is -1.44. The molecular formula is C12H7BrF4OS. The van der Waals surface area contributed by atoms with Crippen molar-refractivity contribution >= 4 is 27.3 Å². The van der Waals surface area contributed by atoms with Gasteiger partial charge in [0.05, 0.1) is 5.56 Å². The molecule has 1 unspecified atom stereocenters. The van der Waals surface area contributed by atoms with E-state index in [0.717, 1.165) is 12.1 Å². The first kappa shape index (κ1) is 14.5. The van der Waals surface area contributed by atoms with Crippen LogP contribution in [0.25, 0.3) is 0 Å². The van der Waals surface area contributed by atoms with Crippen LogP contribution in [0.15, 0.2) is 33.4 Å². The van der Waals surface area contributed by atoms with E-state index in [1.807, 2.05) is 0 Å². The number of halogens is 5. The quantitative estimate of drug-likeness (QED) is 0.771. The Morgan fingerprint density at radius 1 is 1.16 bits per heavy atom. The molecule has 2 aromatic rings. The largest absolute Gasteiger partial charge is 0.419 e. The van der Waals surface area contributed by atoms with Crippen LogP contribution in [0.2, 0.25) is 0 Å². The van der Waals surface area contributed by atoms with E-state index < -0.39 is 29.2 Å². The summed E-state index contributed by atoms with van der Waals surface area (Å²) >= 11 is 4.41. The van der Waals surface area contributed by atoms with Gasteiger partial charge in [-0.2, -0.15) is 24.5 Å². The third-order valence-corrected chi connectivity index (χ3v) is 4.32. The first-order valence-electron chi connectivity index (χ1n) is 5.07. The molecule has 1 atom stereocenters. The monoisotopic (exact) mass is 354 g/mol. The molecule has 0 aliphatic carbocycles. The van der Waals surface area contributed by atoms with Crippen LogP contribution in [0.1, 0.15) is 22.8 Å². The number of hydrogen-bond donors (Lipinski definition) is 1. The second kappa shape index (κ2) is 5.22. The molecule has 1 nitrogen and oxygen atoms in total. The predicted molar refractivity (Wildman–Crippen MR) is 67.5 cm³/mol. The van der Waals surface area contributed by atoms with Crippen molar-refractivity contribution < 1.29 is 22.7 Å². The lowest BCUT2D eigenvalue weighted by Crippen LogP contribution is -2.12. The van der Waals surface area contributed by atoms with E-state index in [1.165, 1.54) is 11.3 Å². The molecule has 2 rings (SSSR count). The second-order valence-corrected chi connectivity index (χ2v) is 5.38. The van der Waals surface area contributed by atoms with Gasteiger partial charge in [0.2, 0.25) is 0 Å². The molecule has 0 radical (unpaired) electrons. The van der Waals surface area contributed by atoms with Gasteiger partial charge in [-0.3, -0.25) is 0 Å². The summed E-state index contributed by atoms with van der Waals surface area (Å²) in [5, 5.41) is 13.2. The van der Waals surface area contributed by atoms with E-state index in [0.29, 0.717) is 16.1 Å². The number of aliphatic hydroxyl groups is 1. The van der Waals surface area contributed by atoms with Crippen molar-refractivity contribution in [3.05, 3.63) is 55.9 Å². The van der Waals surface area contributed by atoms with Crippen LogP contribution in [-0.2, 0) is 6.18 Å². The molecular weight excluding hydrogens is 348 g/mol. The van der Waals surface area contributed by atoms with Crippen molar-refractivity contribution in [2.75, 3.05) is 0 Å². The standard InChI is InChI=1S/C12H7BrF4OS/c13-9-5-19-4-7(9)11(18)6-2-1-3-8(10(6)14)12(15,16)17/h1-5,11,18H.